The lowest BCUT2D eigenvalue weighted by molar-refractivity contribution is 0.492. The van der Waals surface area contributed by atoms with E-state index in [0.29, 0.717) is 0 Å². The standard InChI is InChI=1S/C13H22N4/c1-5-10-11(14-4)15-8-16-12(10)17-13(2,3)9-6-7-9/h8-9H,5-7H2,1-4H3,(H2,14,15,16,17). The third-order valence-electron chi connectivity index (χ3n) is 3.57. The van der Waals surface area contributed by atoms with E-state index in [1.54, 1.807) is 6.33 Å². The molecule has 0 aromatic carbocycles. The quantitative estimate of drug-likeness (QED) is 0.822. The molecule has 0 radical (unpaired) electrons. The highest BCUT2D eigenvalue weighted by atomic mass is 15.1. The zero-order valence-electron chi connectivity index (χ0n) is 11.2. The van der Waals surface area contributed by atoms with E-state index in [4.69, 9.17) is 0 Å². The van der Waals surface area contributed by atoms with Crippen LogP contribution in [0.25, 0.3) is 0 Å². The molecule has 1 aromatic rings. The van der Waals surface area contributed by atoms with Gasteiger partial charge in [0.2, 0.25) is 0 Å². The van der Waals surface area contributed by atoms with Crippen LogP contribution in [0.3, 0.4) is 0 Å². The summed E-state index contributed by atoms with van der Waals surface area (Å²) in [6.45, 7) is 6.64. The third-order valence-corrected chi connectivity index (χ3v) is 3.57. The second-order valence-electron chi connectivity index (χ2n) is 5.27. The summed E-state index contributed by atoms with van der Waals surface area (Å²) in [5.41, 5.74) is 1.30. The van der Waals surface area contributed by atoms with Crippen LogP contribution in [-0.4, -0.2) is 22.6 Å². The topological polar surface area (TPSA) is 49.8 Å². The van der Waals surface area contributed by atoms with Crippen LogP contribution in [0.5, 0.6) is 0 Å². The van der Waals surface area contributed by atoms with Crippen molar-refractivity contribution in [2.45, 2.75) is 45.6 Å². The highest BCUT2D eigenvalue weighted by molar-refractivity contribution is 5.58. The minimum atomic E-state index is 0.128. The summed E-state index contributed by atoms with van der Waals surface area (Å²) in [6.07, 6.45) is 5.20. The van der Waals surface area contributed by atoms with Gasteiger partial charge in [0.15, 0.2) is 0 Å². The van der Waals surface area contributed by atoms with Crippen molar-refractivity contribution in [3.63, 3.8) is 0 Å². The molecule has 4 nitrogen and oxygen atoms in total. The molecule has 94 valence electrons. The Morgan fingerprint density at radius 3 is 2.47 bits per heavy atom. The number of hydrogen-bond donors (Lipinski definition) is 2. The van der Waals surface area contributed by atoms with Gasteiger partial charge in [-0.25, -0.2) is 9.97 Å². The molecule has 0 spiro atoms. The molecule has 0 bridgehead atoms. The van der Waals surface area contributed by atoms with Crippen LogP contribution in [0, 0.1) is 5.92 Å². The van der Waals surface area contributed by atoms with Gasteiger partial charge < -0.3 is 10.6 Å². The van der Waals surface area contributed by atoms with Crippen molar-refractivity contribution in [1.29, 1.82) is 0 Å². The van der Waals surface area contributed by atoms with E-state index in [9.17, 15) is 0 Å². The Labute approximate surface area is 103 Å². The highest BCUT2D eigenvalue weighted by Crippen LogP contribution is 2.41. The van der Waals surface area contributed by atoms with Gasteiger partial charge in [0.1, 0.15) is 18.0 Å². The van der Waals surface area contributed by atoms with E-state index >= 15 is 0 Å². The minimum absolute atomic E-state index is 0.128. The Hall–Kier alpha value is -1.32. The first kappa shape index (κ1) is 12.1. The third kappa shape index (κ3) is 2.51. The molecule has 2 N–H and O–H groups in total. The van der Waals surface area contributed by atoms with Gasteiger partial charge in [-0.15, -0.1) is 0 Å². The van der Waals surface area contributed by atoms with Crippen LogP contribution in [-0.2, 0) is 6.42 Å². The van der Waals surface area contributed by atoms with Gasteiger partial charge >= 0.3 is 0 Å². The van der Waals surface area contributed by atoms with Gasteiger partial charge in [0, 0.05) is 18.2 Å². The maximum Gasteiger partial charge on any atom is 0.135 e. The van der Waals surface area contributed by atoms with E-state index in [0.717, 1.165) is 24.0 Å². The van der Waals surface area contributed by atoms with Crippen LogP contribution in [0.4, 0.5) is 11.6 Å². The molecule has 1 heterocycles. The molecule has 1 aliphatic carbocycles. The minimum Gasteiger partial charge on any atom is -0.373 e. The number of nitrogens with one attached hydrogen (secondary N) is 2. The van der Waals surface area contributed by atoms with Crippen molar-refractivity contribution in [1.82, 2.24) is 9.97 Å². The molecular weight excluding hydrogens is 212 g/mol. The van der Waals surface area contributed by atoms with E-state index in [2.05, 4.69) is 41.4 Å². The second-order valence-corrected chi connectivity index (χ2v) is 5.27. The summed E-state index contributed by atoms with van der Waals surface area (Å²) in [7, 11) is 1.90. The summed E-state index contributed by atoms with van der Waals surface area (Å²) in [6, 6.07) is 0. The fraction of sp³-hybridized carbons (Fsp3) is 0.692. The van der Waals surface area contributed by atoms with Crippen molar-refractivity contribution < 1.29 is 0 Å². The number of anilines is 2. The molecular formula is C13H22N4. The maximum absolute atomic E-state index is 4.39. The van der Waals surface area contributed by atoms with Crippen LogP contribution in [0.2, 0.25) is 0 Å². The Morgan fingerprint density at radius 2 is 1.94 bits per heavy atom. The number of hydrogen-bond acceptors (Lipinski definition) is 4. The Morgan fingerprint density at radius 1 is 1.29 bits per heavy atom. The molecule has 1 fully saturated rings. The summed E-state index contributed by atoms with van der Waals surface area (Å²) in [5, 5.41) is 6.71. The first-order valence-electron chi connectivity index (χ1n) is 6.38. The summed E-state index contributed by atoms with van der Waals surface area (Å²) >= 11 is 0. The molecule has 0 unspecified atom stereocenters. The zero-order valence-corrected chi connectivity index (χ0v) is 11.2. The maximum atomic E-state index is 4.39. The van der Waals surface area contributed by atoms with Crippen LogP contribution in [0.1, 0.15) is 39.2 Å². The predicted octanol–water partition coefficient (Wildman–Crippen LogP) is 2.68. The van der Waals surface area contributed by atoms with E-state index < -0.39 is 0 Å². The Kier molecular flexibility index (Phi) is 3.22. The number of aromatic nitrogens is 2. The fourth-order valence-electron chi connectivity index (χ4n) is 2.28. The lowest BCUT2D eigenvalue weighted by Crippen LogP contribution is -2.34. The van der Waals surface area contributed by atoms with Gasteiger partial charge in [-0.05, 0) is 39.0 Å². The first-order chi connectivity index (χ1) is 8.08. The van der Waals surface area contributed by atoms with Crippen molar-refractivity contribution >= 4 is 11.6 Å². The van der Waals surface area contributed by atoms with E-state index in [-0.39, 0.29) is 5.54 Å². The summed E-state index contributed by atoms with van der Waals surface area (Å²) < 4.78 is 0. The normalized spacial score (nSPS) is 15.8. The molecule has 1 saturated carbocycles. The molecule has 0 aliphatic heterocycles. The molecule has 1 aromatic heterocycles. The molecule has 0 amide bonds. The van der Waals surface area contributed by atoms with Gasteiger partial charge in [0.05, 0.1) is 0 Å². The smallest absolute Gasteiger partial charge is 0.135 e. The van der Waals surface area contributed by atoms with Crippen molar-refractivity contribution in [3.8, 4) is 0 Å². The second kappa shape index (κ2) is 4.51. The highest BCUT2D eigenvalue weighted by Gasteiger charge is 2.38. The number of rotatable bonds is 5. The average Bonchev–Trinajstić information content (AvgIpc) is 3.12. The molecule has 17 heavy (non-hydrogen) atoms. The monoisotopic (exact) mass is 234 g/mol. The van der Waals surface area contributed by atoms with Gasteiger partial charge in [-0.2, -0.15) is 0 Å². The molecule has 0 saturated heterocycles. The molecule has 1 aliphatic rings. The lowest BCUT2D eigenvalue weighted by atomic mass is 9.98. The first-order valence-corrected chi connectivity index (χ1v) is 6.38. The molecule has 0 atom stereocenters. The lowest BCUT2D eigenvalue weighted by Gasteiger charge is -2.28. The largest absolute Gasteiger partial charge is 0.373 e. The van der Waals surface area contributed by atoms with E-state index in [1.807, 2.05) is 7.05 Å². The van der Waals surface area contributed by atoms with Gasteiger partial charge in [0.25, 0.3) is 0 Å². The Bertz CT molecular complexity index is 396. The molecule has 4 heteroatoms. The van der Waals surface area contributed by atoms with Gasteiger partial charge in [-0.1, -0.05) is 6.92 Å². The van der Waals surface area contributed by atoms with Crippen LogP contribution < -0.4 is 10.6 Å². The molecule has 2 rings (SSSR count). The number of nitrogens with zero attached hydrogens (tertiary/aromatic N) is 2. The predicted molar refractivity (Wildman–Crippen MR) is 71.4 cm³/mol. The summed E-state index contributed by atoms with van der Waals surface area (Å²) in [4.78, 5) is 8.65. The fourth-order valence-corrected chi connectivity index (χ4v) is 2.28. The van der Waals surface area contributed by atoms with E-state index in [1.165, 1.54) is 18.4 Å². The SMILES string of the molecule is CCc1c(NC)ncnc1NC(C)(C)C1CC1. The van der Waals surface area contributed by atoms with Crippen LogP contribution >= 0.6 is 0 Å². The average molecular weight is 234 g/mol. The van der Waals surface area contributed by atoms with Gasteiger partial charge in [-0.3, -0.25) is 0 Å². The van der Waals surface area contributed by atoms with Crippen LogP contribution in [0.15, 0.2) is 6.33 Å². The van der Waals surface area contributed by atoms with Crippen molar-refractivity contribution in [2.75, 3.05) is 17.7 Å². The van der Waals surface area contributed by atoms with Crippen molar-refractivity contribution in [3.05, 3.63) is 11.9 Å². The zero-order chi connectivity index (χ0) is 12.5. The van der Waals surface area contributed by atoms with Crippen molar-refractivity contribution in [2.24, 2.45) is 5.92 Å². The summed E-state index contributed by atoms with van der Waals surface area (Å²) in [5.74, 6) is 2.68. The Balaban J connectivity index is 2.25.